The molecule has 0 aliphatic carbocycles. The molecule has 0 unspecified atom stereocenters. The summed E-state index contributed by atoms with van der Waals surface area (Å²) in [4.78, 5) is 12.3. The van der Waals surface area contributed by atoms with Gasteiger partial charge in [-0.3, -0.25) is 9.89 Å². The van der Waals surface area contributed by atoms with Crippen molar-refractivity contribution in [1.82, 2.24) is 10.2 Å². The Kier molecular flexibility index (Phi) is 3.09. The maximum absolute atomic E-state index is 12.3. The number of aromatic amines is 1. The van der Waals surface area contributed by atoms with Gasteiger partial charge in [-0.15, -0.1) is 0 Å². The first-order valence-electron chi connectivity index (χ1n) is 6.15. The molecule has 0 saturated carbocycles. The molecule has 1 heterocycles. The second-order valence-corrected chi connectivity index (χ2v) is 4.33. The minimum absolute atomic E-state index is 0.207. The molecule has 0 saturated heterocycles. The number of H-pyrrole nitrogens is 1. The van der Waals surface area contributed by atoms with Gasteiger partial charge in [0.1, 0.15) is 5.75 Å². The van der Waals surface area contributed by atoms with Gasteiger partial charge in [-0.2, -0.15) is 5.10 Å². The molecule has 1 amide bonds. The maximum Gasteiger partial charge on any atom is 0.259 e. The van der Waals surface area contributed by atoms with E-state index >= 15 is 0 Å². The van der Waals surface area contributed by atoms with Crippen LogP contribution in [0.25, 0.3) is 10.9 Å². The molecule has 0 atom stereocenters. The third kappa shape index (κ3) is 2.21. The summed E-state index contributed by atoms with van der Waals surface area (Å²) in [5.41, 5.74) is 2.08. The van der Waals surface area contributed by atoms with Crippen molar-refractivity contribution in [2.45, 2.75) is 0 Å². The average molecular weight is 267 g/mol. The van der Waals surface area contributed by atoms with Crippen molar-refractivity contribution in [2.75, 3.05) is 12.4 Å². The number of rotatable bonds is 3. The number of amides is 1. The molecule has 5 nitrogen and oxygen atoms in total. The van der Waals surface area contributed by atoms with Crippen LogP contribution in [-0.2, 0) is 0 Å². The Morgan fingerprint density at radius 1 is 1.25 bits per heavy atom. The van der Waals surface area contributed by atoms with Gasteiger partial charge in [-0.05, 0) is 30.3 Å². The number of methoxy groups -OCH3 is 1. The Morgan fingerprint density at radius 3 is 2.95 bits per heavy atom. The second-order valence-electron chi connectivity index (χ2n) is 4.33. The first-order valence-corrected chi connectivity index (χ1v) is 6.15. The molecule has 2 aromatic carbocycles. The van der Waals surface area contributed by atoms with E-state index in [0.29, 0.717) is 17.0 Å². The normalized spacial score (nSPS) is 10.4. The second kappa shape index (κ2) is 5.05. The quantitative estimate of drug-likeness (QED) is 0.766. The molecular formula is C15H13N3O2. The molecule has 2 N–H and O–H groups in total. The van der Waals surface area contributed by atoms with Gasteiger partial charge in [0.15, 0.2) is 0 Å². The first-order chi connectivity index (χ1) is 9.78. The number of carbonyl (C=O) groups excluding carboxylic acids is 1. The van der Waals surface area contributed by atoms with E-state index in [1.54, 1.807) is 31.5 Å². The fraction of sp³-hybridized carbons (Fsp3) is 0.0667. The molecule has 5 heteroatoms. The van der Waals surface area contributed by atoms with Gasteiger partial charge in [0.05, 0.1) is 24.4 Å². The highest BCUT2D eigenvalue weighted by molar-refractivity contribution is 6.06. The number of nitrogens with zero attached hydrogens (tertiary/aromatic N) is 1. The van der Waals surface area contributed by atoms with Crippen molar-refractivity contribution in [1.29, 1.82) is 0 Å². The largest absolute Gasteiger partial charge is 0.496 e. The molecule has 3 rings (SSSR count). The summed E-state index contributed by atoms with van der Waals surface area (Å²) < 4.78 is 5.19. The van der Waals surface area contributed by atoms with Crippen LogP contribution in [0.3, 0.4) is 0 Å². The van der Waals surface area contributed by atoms with Gasteiger partial charge in [-0.25, -0.2) is 0 Å². The molecule has 0 fully saturated rings. The topological polar surface area (TPSA) is 67.0 Å². The number of nitrogens with one attached hydrogen (secondary N) is 2. The zero-order valence-electron chi connectivity index (χ0n) is 10.9. The SMILES string of the molecule is COc1ccccc1C(=O)Nc1ccc2cn[nH]c2c1. The van der Waals surface area contributed by atoms with Gasteiger partial charge < -0.3 is 10.1 Å². The van der Waals surface area contributed by atoms with Crippen LogP contribution in [-0.4, -0.2) is 23.2 Å². The van der Waals surface area contributed by atoms with E-state index in [-0.39, 0.29) is 5.91 Å². The highest BCUT2D eigenvalue weighted by Crippen LogP contribution is 2.21. The Hall–Kier alpha value is -2.82. The minimum Gasteiger partial charge on any atom is -0.496 e. The number of ether oxygens (including phenoxy) is 1. The third-order valence-electron chi connectivity index (χ3n) is 3.05. The number of hydrogen-bond acceptors (Lipinski definition) is 3. The lowest BCUT2D eigenvalue weighted by Crippen LogP contribution is -2.13. The van der Waals surface area contributed by atoms with Crippen LogP contribution in [0.2, 0.25) is 0 Å². The fourth-order valence-electron chi connectivity index (χ4n) is 2.05. The van der Waals surface area contributed by atoms with Gasteiger partial charge >= 0.3 is 0 Å². The van der Waals surface area contributed by atoms with E-state index in [4.69, 9.17) is 4.74 Å². The Bertz CT molecular complexity index is 764. The van der Waals surface area contributed by atoms with E-state index in [1.807, 2.05) is 24.3 Å². The summed E-state index contributed by atoms with van der Waals surface area (Å²) in [6.45, 7) is 0. The van der Waals surface area contributed by atoms with Crippen LogP contribution in [0.1, 0.15) is 10.4 Å². The molecule has 0 bridgehead atoms. The smallest absolute Gasteiger partial charge is 0.259 e. The highest BCUT2D eigenvalue weighted by Gasteiger charge is 2.11. The van der Waals surface area contributed by atoms with E-state index < -0.39 is 0 Å². The molecule has 100 valence electrons. The van der Waals surface area contributed by atoms with Crippen LogP contribution in [0.5, 0.6) is 5.75 Å². The lowest BCUT2D eigenvalue weighted by atomic mass is 10.1. The third-order valence-corrected chi connectivity index (χ3v) is 3.05. The predicted octanol–water partition coefficient (Wildman–Crippen LogP) is 2.82. The monoisotopic (exact) mass is 267 g/mol. The van der Waals surface area contributed by atoms with E-state index in [9.17, 15) is 4.79 Å². The van der Waals surface area contributed by atoms with Gasteiger partial charge in [0.2, 0.25) is 0 Å². The van der Waals surface area contributed by atoms with Gasteiger partial charge in [0, 0.05) is 11.1 Å². The average Bonchev–Trinajstić information content (AvgIpc) is 2.94. The molecule has 0 aliphatic heterocycles. The number of aromatic nitrogens is 2. The van der Waals surface area contributed by atoms with Crippen LogP contribution >= 0.6 is 0 Å². The zero-order chi connectivity index (χ0) is 13.9. The molecule has 1 aromatic heterocycles. The zero-order valence-corrected chi connectivity index (χ0v) is 10.9. The fourth-order valence-corrected chi connectivity index (χ4v) is 2.05. The molecule has 3 aromatic rings. The summed E-state index contributed by atoms with van der Waals surface area (Å²) in [5, 5.41) is 10.7. The Morgan fingerprint density at radius 2 is 2.10 bits per heavy atom. The van der Waals surface area contributed by atoms with E-state index in [0.717, 1.165) is 10.9 Å². The minimum atomic E-state index is -0.207. The lowest BCUT2D eigenvalue weighted by molar-refractivity contribution is 0.102. The van der Waals surface area contributed by atoms with Crippen LogP contribution in [0.15, 0.2) is 48.7 Å². The standard InChI is InChI=1S/C15H13N3O2/c1-20-14-5-3-2-4-12(14)15(19)17-11-7-6-10-9-16-18-13(10)8-11/h2-9H,1H3,(H,16,18)(H,17,19). The highest BCUT2D eigenvalue weighted by atomic mass is 16.5. The number of benzene rings is 2. The Balaban J connectivity index is 1.88. The molecule has 0 radical (unpaired) electrons. The number of fused-ring (bicyclic) bond motifs is 1. The summed E-state index contributed by atoms with van der Waals surface area (Å²) in [6, 6.07) is 12.7. The van der Waals surface area contributed by atoms with Gasteiger partial charge in [-0.1, -0.05) is 12.1 Å². The number of hydrogen-bond donors (Lipinski definition) is 2. The van der Waals surface area contributed by atoms with E-state index in [2.05, 4.69) is 15.5 Å². The van der Waals surface area contributed by atoms with Crippen LogP contribution < -0.4 is 10.1 Å². The summed E-state index contributed by atoms with van der Waals surface area (Å²) in [5.74, 6) is 0.342. The maximum atomic E-state index is 12.3. The van der Waals surface area contributed by atoms with E-state index in [1.165, 1.54) is 0 Å². The van der Waals surface area contributed by atoms with Crippen molar-refractivity contribution in [2.24, 2.45) is 0 Å². The summed E-state index contributed by atoms with van der Waals surface area (Å²) >= 11 is 0. The molecule has 0 aliphatic rings. The summed E-state index contributed by atoms with van der Waals surface area (Å²) in [6.07, 6.45) is 1.74. The van der Waals surface area contributed by atoms with Crippen molar-refractivity contribution in [3.63, 3.8) is 0 Å². The van der Waals surface area contributed by atoms with Crippen molar-refractivity contribution >= 4 is 22.5 Å². The molecular weight excluding hydrogens is 254 g/mol. The number of para-hydroxylation sites is 1. The van der Waals surface area contributed by atoms with Crippen molar-refractivity contribution in [3.05, 3.63) is 54.2 Å². The van der Waals surface area contributed by atoms with Crippen LogP contribution in [0.4, 0.5) is 5.69 Å². The van der Waals surface area contributed by atoms with Crippen molar-refractivity contribution < 1.29 is 9.53 Å². The number of anilines is 1. The van der Waals surface area contributed by atoms with Gasteiger partial charge in [0.25, 0.3) is 5.91 Å². The first kappa shape index (κ1) is 12.2. The van der Waals surface area contributed by atoms with Crippen molar-refractivity contribution in [3.8, 4) is 5.75 Å². The Labute approximate surface area is 115 Å². The van der Waals surface area contributed by atoms with Crippen LogP contribution in [0, 0.1) is 0 Å². The molecule has 20 heavy (non-hydrogen) atoms. The number of carbonyl (C=O) groups is 1. The lowest BCUT2D eigenvalue weighted by Gasteiger charge is -2.09. The summed E-state index contributed by atoms with van der Waals surface area (Å²) in [7, 11) is 1.54. The molecule has 0 spiro atoms. The predicted molar refractivity (Wildman–Crippen MR) is 77.0 cm³/mol.